The molecule has 2 aliphatic rings. The van der Waals surface area contributed by atoms with E-state index in [0.717, 1.165) is 0 Å². The van der Waals surface area contributed by atoms with Crippen molar-refractivity contribution in [1.82, 2.24) is 0 Å². The van der Waals surface area contributed by atoms with Crippen LogP contribution in [0.4, 0.5) is 0 Å². The molecule has 0 spiro atoms. The van der Waals surface area contributed by atoms with Crippen molar-refractivity contribution in [3.63, 3.8) is 0 Å². The summed E-state index contributed by atoms with van der Waals surface area (Å²) in [7, 11) is 0. The highest BCUT2D eigenvalue weighted by atomic mass is 32.2. The van der Waals surface area contributed by atoms with Crippen LogP contribution in [-0.2, 0) is 4.74 Å². The van der Waals surface area contributed by atoms with E-state index in [-0.39, 0.29) is 0 Å². The zero-order valence-electron chi connectivity index (χ0n) is 11.5. The standard InChI is InChI=1S/C17H22OS/c1-13-11-16(19-15-8-3-2-4-9-15)12-14-7-5-6-10-17(13)18-14/h2-4,8-9,12-14,17H,5-7,10-11H2,1H3/t13-,14+,17-/m1/s1. The smallest absolute Gasteiger partial charge is 0.0770 e. The number of ether oxygens (including phenoxy) is 1. The van der Waals surface area contributed by atoms with Crippen LogP contribution in [0.3, 0.4) is 0 Å². The Hall–Kier alpha value is -0.730. The Labute approximate surface area is 120 Å². The van der Waals surface area contributed by atoms with Gasteiger partial charge in [0.05, 0.1) is 12.2 Å². The number of thioether (sulfide) groups is 1. The molecule has 0 amide bonds. The molecule has 3 atom stereocenters. The van der Waals surface area contributed by atoms with Crippen molar-refractivity contribution in [3.8, 4) is 0 Å². The summed E-state index contributed by atoms with van der Waals surface area (Å²) in [4.78, 5) is 2.84. The minimum absolute atomic E-state index is 0.351. The van der Waals surface area contributed by atoms with Gasteiger partial charge in [0.2, 0.25) is 0 Å². The number of benzene rings is 1. The summed E-state index contributed by atoms with van der Waals surface area (Å²) < 4.78 is 6.26. The van der Waals surface area contributed by atoms with Crippen LogP contribution in [0.2, 0.25) is 0 Å². The average Bonchev–Trinajstić information content (AvgIpc) is 2.72. The van der Waals surface area contributed by atoms with Gasteiger partial charge >= 0.3 is 0 Å². The topological polar surface area (TPSA) is 9.23 Å². The van der Waals surface area contributed by atoms with Crippen LogP contribution in [0.5, 0.6) is 0 Å². The lowest BCUT2D eigenvalue weighted by molar-refractivity contribution is -0.00774. The maximum Gasteiger partial charge on any atom is 0.0770 e. The van der Waals surface area contributed by atoms with Crippen molar-refractivity contribution >= 4 is 11.8 Å². The molecule has 0 unspecified atom stereocenters. The summed E-state index contributed by atoms with van der Waals surface area (Å²) in [5.74, 6) is 0.644. The summed E-state index contributed by atoms with van der Waals surface area (Å²) >= 11 is 1.92. The zero-order chi connectivity index (χ0) is 13.1. The van der Waals surface area contributed by atoms with Crippen molar-refractivity contribution < 1.29 is 4.74 Å². The zero-order valence-corrected chi connectivity index (χ0v) is 12.4. The molecule has 0 N–H and O–H groups in total. The van der Waals surface area contributed by atoms with Crippen LogP contribution in [-0.4, -0.2) is 12.2 Å². The Morgan fingerprint density at radius 3 is 2.74 bits per heavy atom. The predicted molar refractivity (Wildman–Crippen MR) is 81.3 cm³/mol. The molecule has 2 heteroatoms. The van der Waals surface area contributed by atoms with Gasteiger partial charge < -0.3 is 4.74 Å². The molecular weight excluding hydrogens is 252 g/mol. The third-order valence-corrected chi connectivity index (χ3v) is 5.17. The predicted octanol–water partition coefficient (Wildman–Crippen LogP) is 5.03. The van der Waals surface area contributed by atoms with Crippen molar-refractivity contribution in [3.05, 3.63) is 41.3 Å². The average molecular weight is 274 g/mol. The molecule has 0 aromatic heterocycles. The van der Waals surface area contributed by atoms with Crippen molar-refractivity contribution in [1.29, 1.82) is 0 Å². The van der Waals surface area contributed by atoms with E-state index in [4.69, 9.17) is 4.74 Å². The van der Waals surface area contributed by atoms with Crippen molar-refractivity contribution in [2.24, 2.45) is 5.92 Å². The highest BCUT2D eigenvalue weighted by Gasteiger charge is 2.28. The first-order valence-electron chi connectivity index (χ1n) is 7.40. The molecule has 2 aliphatic heterocycles. The molecule has 2 heterocycles. The summed E-state index contributed by atoms with van der Waals surface area (Å²) in [5.41, 5.74) is 0. The number of allylic oxidation sites excluding steroid dienone is 1. The van der Waals surface area contributed by atoms with Gasteiger partial charge in [0, 0.05) is 4.90 Å². The van der Waals surface area contributed by atoms with Crippen LogP contribution in [0, 0.1) is 5.92 Å². The van der Waals surface area contributed by atoms with E-state index in [1.807, 2.05) is 11.8 Å². The van der Waals surface area contributed by atoms with Gasteiger partial charge in [0.15, 0.2) is 0 Å². The Morgan fingerprint density at radius 1 is 1.11 bits per heavy atom. The summed E-state index contributed by atoms with van der Waals surface area (Å²) in [5, 5.41) is 0. The molecule has 102 valence electrons. The Balaban J connectivity index is 1.77. The van der Waals surface area contributed by atoms with Gasteiger partial charge in [0.1, 0.15) is 0 Å². The highest BCUT2D eigenvalue weighted by Crippen LogP contribution is 2.38. The van der Waals surface area contributed by atoms with Gasteiger partial charge in [-0.05, 0) is 48.3 Å². The van der Waals surface area contributed by atoms with E-state index in [0.29, 0.717) is 18.1 Å². The summed E-state index contributed by atoms with van der Waals surface area (Å²) in [6.45, 7) is 2.35. The van der Waals surface area contributed by atoms with E-state index >= 15 is 0 Å². The van der Waals surface area contributed by atoms with E-state index in [9.17, 15) is 0 Å². The molecule has 1 saturated heterocycles. The van der Waals surface area contributed by atoms with E-state index in [2.05, 4.69) is 43.3 Å². The molecular formula is C17H22OS. The fraction of sp³-hybridized carbons (Fsp3) is 0.529. The second kappa shape index (κ2) is 6.15. The Morgan fingerprint density at radius 2 is 1.89 bits per heavy atom. The maximum atomic E-state index is 6.26. The van der Waals surface area contributed by atoms with Crippen molar-refractivity contribution in [2.75, 3.05) is 0 Å². The Kier molecular flexibility index (Phi) is 4.29. The van der Waals surface area contributed by atoms with Gasteiger partial charge in [-0.3, -0.25) is 0 Å². The first-order chi connectivity index (χ1) is 9.31. The molecule has 0 radical (unpaired) electrons. The molecule has 19 heavy (non-hydrogen) atoms. The molecule has 0 aliphatic carbocycles. The maximum absolute atomic E-state index is 6.26. The van der Waals surface area contributed by atoms with Crippen LogP contribution in [0.1, 0.15) is 39.0 Å². The van der Waals surface area contributed by atoms with Gasteiger partial charge in [-0.2, -0.15) is 0 Å². The van der Waals surface area contributed by atoms with Crippen LogP contribution < -0.4 is 0 Å². The number of fused-ring (bicyclic) bond motifs is 2. The molecule has 1 aromatic carbocycles. The first-order valence-corrected chi connectivity index (χ1v) is 8.22. The molecule has 2 bridgehead atoms. The van der Waals surface area contributed by atoms with Gasteiger partial charge in [-0.25, -0.2) is 0 Å². The molecule has 0 saturated carbocycles. The second-order valence-electron chi connectivity index (χ2n) is 5.73. The molecule has 1 fully saturated rings. The summed E-state index contributed by atoms with van der Waals surface area (Å²) in [6, 6.07) is 10.7. The molecule has 3 rings (SSSR count). The van der Waals surface area contributed by atoms with Crippen LogP contribution >= 0.6 is 11.8 Å². The number of hydrogen-bond acceptors (Lipinski definition) is 2. The van der Waals surface area contributed by atoms with E-state index in [1.54, 1.807) is 0 Å². The largest absolute Gasteiger partial charge is 0.371 e. The van der Waals surface area contributed by atoms with Gasteiger partial charge in [0.25, 0.3) is 0 Å². The first kappa shape index (κ1) is 13.3. The third kappa shape index (κ3) is 3.43. The number of rotatable bonds is 2. The lowest BCUT2D eigenvalue weighted by Crippen LogP contribution is -2.22. The fourth-order valence-electron chi connectivity index (χ4n) is 3.03. The minimum atomic E-state index is 0.351. The highest BCUT2D eigenvalue weighted by molar-refractivity contribution is 8.03. The monoisotopic (exact) mass is 274 g/mol. The van der Waals surface area contributed by atoms with Crippen LogP contribution in [0.25, 0.3) is 0 Å². The molecule has 1 nitrogen and oxygen atoms in total. The second-order valence-corrected chi connectivity index (χ2v) is 6.93. The molecule has 1 aromatic rings. The van der Waals surface area contributed by atoms with Crippen LogP contribution in [0.15, 0.2) is 46.2 Å². The van der Waals surface area contributed by atoms with Gasteiger partial charge in [-0.15, -0.1) is 0 Å². The third-order valence-electron chi connectivity index (χ3n) is 4.10. The minimum Gasteiger partial charge on any atom is -0.371 e. The van der Waals surface area contributed by atoms with Crippen molar-refractivity contribution in [2.45, 2.75) is 56.1 Å². The summed E-state index contributed by atoms with van der Waals surface area (Å²) in [6.07, 6.45) is 9.46. The fourth-order valence-corrected chi connectivity index (χ4v) is 4.19. The van der Waals surface area contributed by atoms with Gasteiger partial charge in [-0.1, -0.05) is 49.7 Å². The SMILES string of the molecule is C[C@@H]1CC(Sc2ccccc2)=C[C@@H]2CCCC[C@H]1O2. The lowest BCUT2D eigenvalue weighted by Gasteiger charge is -2.22. The number of hydrogen-bond donors (Lipinski definition) is 0. The van der Waals surface area contributed by atoms with E-state index < -0.39 is 0 Å². The Bertz CT molecular complexity index is 440. The lowest BCUT2D eigenvalue weighted by atomic mass is 9.96. The normalized spacial score (nSPS) is 31.2. The quantitative estimate of drug-likeness (QED) is 0.748. The van der Waals surface area contributed by atoms with E-state index in [1.165, 1.54) is 41.9 Å².